The van der Waals surface area contributed by atoms with Crippen molar-refractivity contribution in [1.29, 1.82) is 0 Å². The summed E-state index contributed by atoms with van der Waals surface area (Å²) in [5.41, 5.74) is 9.65. The van der Waals surface area contributed by atoms with Gasteiger partial charge < -0.3 is 19.7 Å². The topological polar surface area (TPSA) is 87.6 Å². The van der Waals surface area contributed by atoms with E-state index in [0.29, 0.717) is 18.1 Å². The summed E-state index contributed by atoms with van der Waals surface area (Å²) in [6.45, 7) is 4.46. The van der Waals surface area contributed by atoms with Gasteiger partial charge in [0.15, 0.2) is 12.4 Å². The fourth-order valence-electron chi connectivity index (χ4n) is 2.71. The first-order valence-corrected chi connectivity index (χ1v) is 8.19. The lowest BCUT2D eigenvalue weighted by atomic mass is 10.0. The van der Waals surface area contributed by atoms with Gasteiger partial charge in [0.25, 0.3) is 0 Å². The third-order valence-corrected chi connectivity index (χ3v) is 3.90. The number of aromatic nitrogens is 1. The SMILES string of the molecule is Cc1cc(-c2cc(COC(N)=O)on2)cc(C)c1OCc1ccccc1. The van der Waals surface area contributed by atoms with Crippen molar-refractivity contribution in [2.24, 2.45) is 5.73 Å². The Morgan fingerprint density at radius 2 is 1.77 bits per heavy atom. The van der Waals surface area contributed by atoms with Gasteiger partial charge in [0, 0.05) is 11.6 Å². The molecule has 1 aromatic heterocycles. The summed E-state index contributed by atoms with van der Waals surface area (Å²) in [5, 5.41) is 4.02. The first kappa shape index (κ1) is 17.5. The maximum absolute atomic E-state index is 10.7. The predicted octanol–water partition coefficient (Wildman–Crippen LogP) is 4.13. The van der Waals surface area contributed by atoms with Crippen LogP contribution in [-0.4, -0.2) is 11.2 Å². The molecule has 0 unspecified atom stereocenters. The maximum Gasteiger partial charge on any atom is 0.404 e. The van der Waals surface area contributed by atoms with Gasteiger partial charge in [-0.05, 0) is 42.7 Å². The third-order valence-electron chi connectivity index (χ3n) is 3.90. The molecule has 0 atom stereocenters. The molecular weight excluding hydrogens is 332 g/mol. The minimum absolute atomic E-state index is 0.0431. The van der Waals surface area contributed by atoms with Crippen molar-refractivity contribution in [3.63, 3.8) is 0 Å². The number of rotatable bonds is 6. The molecular formula is C20H20N2O4. The lowest BCUT2D eigenvalue weighted by Gasteiger charge is -2.13. The number of carbonyl (C=O) groups is 1. The Hall–Kier alpha value is -3.28. The number of hydrogen-bond acceptors (Lipinski definition) is 5. The van der Waals surface area contributed by atoms with Crippen molar-refractivity contribution in [3.05, 3.63) is 71.0 Å². The van der Waals surface area contributed by atoms with Gasteiger partial charge in [-0.2, -0.15) is 0 Å². The summed E-state index contributed by atoms with van der Waals surface area (Å²) in [6, 6.07) is 15.7. The van der Waals surface area contributed by atoms with Gasteiger partial charge in [-0.15, -0.1) is 0 Å². The van der Waals surface area contributed by atoms with Gasteiger partial charge in [0.05, 0.1) is 0 Å². The number of hydrogen-bond donors (Lipinski definition) is 1. The van der Waals surface area contributed by atoms with Crippen molar-refractivity contribution in [3.8, 4) is 17.0 Å². The van der Waals surface area contributed by atoms with E-state index < -0.39 is 6.09 Å². The van der Waals surface area contributed by atoms with Crippen molar-refractivity contribution in [1.82, 2.24) is 5.16 Å². The maximum atomic E-state index is 10.7. The van der Waals surface area contributed by atoms with E-state index in [2.05, 4.69) is 5.16 Å². The molecule has 0 spiro atoms. The second-order valence-corrected chi connectivity index (χ2v) is 6.00. The van der Waals surface area contributed by atoms with E-state index in [1.165, 1.54) is 0 Å². The Bertz CT molecular complexity index is 880. The highest BCUT2D eigenvalue weighted by molar-refractivity contribution is 5.65. The molecule has 0 saturated heterocycles. The number of nitrogens with two attached hydrogens (primary N) is 1. The van der Waals surface area contributed by atoms with Crippen LogP contribution in [0.3, 0.4) is 0 Å². The number of nitrogens with zero attached hydrogens (tertiary/aromatic N) is 1. The first-order valence-electron chi connectivity index (χ1n) is 8.19. The second-order valence-electron chi connectivity index (χ2n) is 6.00. The number of benzene rings is 2. The largest absolute Gasteiger partial charge is 0.488 e. The summed E-state index contributed by atoms with van der Waals surface area (Å²) < 4.78 is 15.9. The van der Waals surface area contributed by atoms with E-state index in [9.17, 15) is 4.79 Å². The summed E-state index contributed by atoms with van der Waals surface area (Å²) in [5.74, 6) is 1.29. The van der Waals surface area contributed by atoms with Crippen LogP contribution in [0, 0.1) is 13.8 Å². The molecule has 0 aliphatic rings. The molecule has 26 heavy (non-hydrogen) atoms. The number of amides is 1. The van der Waals surface area contributed by atoms with Crippen LogP contribution >= 0.6 is 0 Å². The third kappa shape index (κ3) is 4.22. The quantitative estimate of drug-likeness (QED) is 0.720. The summed E-state index contributed by atoms with van der Waals surface area (Å²) >= 11 is 0. The lowest BCUT2D eigenvalue weighted by molar-refractivity contribution is 0.137. The van der Waals surface area contributed by atoms with Crippen molar-refractivity contribution >= 4 is 6.09 Å². The normalized spacial score (nSPS) is 10.5. The first-order chi connectivity index (χ1) is 12.5. The van der Waals surface area contributed by atoms with Crippen molar-refractivity contribution < 1.29 is 18.8 Å². The fourth-order valence-corrected chi connectivity index (χ4v) is 2.71. The van der Waals surface area contributed by atoms with Crippen LogP contribution in [0.1, 0.15) is 22.5 Å². The van der Waals surface area contributed by atoms with E-state index in [4.69, 9.17) is 19.7 Å². The molecule has 0 fully saturated rings. The van der Waals surface area contributed by atoms with Gasteiger partial charge in [0.2, 0.25) is 0 Å². The molecule has 0 bridgehead atoms. The molecule has 2 N–H and O–H groups in total. The smallest absolute Gasteiger partial charge is 0.404 e. The van der Waals surface area contributed by atoms with Gasteiger partial charge in [-0.1, -0.05) is 35.5 Å². The summed E-state index contributed by atoms with van der Waals surface area (Å²) in [7, 11) is 0. The van der Waals surface area contributed by atoms with E-state index in [0.717, 1.165) is 28.0 Å². The highest BCUT2D eigenvalue weighted by Gasteiger charge is 2.12. The predicted molar refractivity (Wildman–Crippen MR) is 96.6 cm³/mol. The number of aryl methyl sites for hydroxylation is 2. The molecule has 2 aromatic carbocycles. The lowest BCUT2D eigenvalue weighted by Crippen LogP contribution is -2.12. The van der Waals surface area contributed by atoms with E-state index in [1.54, 1.807) is 6.07 Å². The molecule has 6 nitrogen and oxygen atoms in total. The molecule has 1 heterocycles. The molecule has 6 heteroatoms. The second kappa shape index (κ2) is 7.74. The Morgan fingerprint density at radius 1 is 1.08 bits per heavy atom. The number of primary amides is 1. The Labute approximate surface area is 151 Å². The molecule has 0 radical (unpaired) electrons. The van der Waals surface area contributed by atoms with Crippen LogP contribution in [0.25, 0.3) is 11.3 Å². The highest BCUT2D eigenvalue weighted by atomic mass is 16.6. The van der Waals surface area contributed by atoms with Crippen LogP contribution in [0.15, 0.2) is 53.1 Å². The molecule has 1 amide bonds. The number of ether oxygens (including phenoxy) is 2. The van der Waals surface area contributed by atoms with Gasteiger partial charge in [0.1, 0.15) is 18.1 Å². The molecule has 3 rings (SSSR count). The molecule has 0 saturated carbocycles. The van der Waals surface area contributed by atoms with Crippen LogP contribution < -0.4 is 10.5 Å². The van der Waals surface area contributed by atoms with Gasteiger partial charge >= 0.3 is 6.09 Å². The van der Waals surface area contributed by atoms with Gasteiger partial charge in [-0.25, -0.2) is 4.79 Å². The summed E-state index contributed by atoms with van der Waals surface area (Å²) in [6.07, 6.45) is -0.852. The van der Waals surface area contributed by atoms with Crippen LogP contribution in [0.4, 0.5) is 4.79 Å². The standard InChI is InChI=1S/C20H20N2O4/c1-13-8-16(18-10-17(26-22-18)12-25-20(21)23)9-14(2)19(13)24-11-15-6-4-3-5-7-15/h3-10H,11-12H2,1-2H3,(H2,21,23). The average Bonchev–Trinajstić information content (AvgIpc) is 3.09. The monoisotopic (exact) mass is 352 g/mol. The Balaban J connectivity index is 1.75. The zero-order valence-corrected chi connectivity index (χ0v) is 14.7. The Kier molecular flexibility index (Phi) is 5.22. The average molecular weight is 352 g/mol. The molecule has 3 aromatic rings. The van der Waals surface area contributed by atoms with Crippen LogP contribution in [0.2, 0.25) is 0 Å². The number of carbonyl (C=O) groups excluding carboxylic acids is 1. The molecule has 0 aliphatic carbocycles. The van der Waals surface area contributed by atoms with Crippen molar-refractivity contribution in [2.45, 2.75) is 27.1 Å². The fraction of sp³-hybridized carbons (Fsp3) is 0.200. The van der Waals surface area contributed by atoms with E-state index in [-0.39, 0.29) is 6.61 Å². The minimum Gasteiger partial charge on any atom is -0.488 e. The van der Waals surface area contributed by atoms with Crippen molar-refractivity contribution in [2.75, 3.05) is 0 Å². The van der Waals surface area contributed by atoms with Crippen LogP contribution in [0.5, 0.6) is 5.75 Å². The summed E-state index contributed by atoms with van der Waals surface area (Å²) in [4.78, 5) is 10.7. The molecule has 134 valence electrons. The van der Waals surface area contributed by atoms with Gasteiger partial charge in [-0.3, -0.25) is 0 Å². The minimum atomic E-state index is -0.852. The zero-order valence-electron chi connectivity index (χ0n) is 14.7. The van der Waals surface area contributed by atoms with E-state index >= 15 is 0 Å². The molecule has 0 aliphatic heterocycles. The van der Waals surface area contributed by atoms with Crippen LogP contribution in [-0.2, 0) is 18.0 Å². The Morgan fingerprint density at radius 3 is 2.42 bits per heavy atom. The van der Waals surface area contributed by atoms with E-state index in [1.807, 2.05) is 56.3 Å². The zero-order chi connectivity index (χ0) is 18.5. The highest BCUT2D eigenvalue weighted by Crippen LogP contribution is 2.30.